The first-order chi connectivity index (χ1) is 19.5. The first-order valence-corrected chi connectivity index (χ1v) is 12.1. The van der Waals surface area contributed by atoms with Crippen LogP contribution >= 0.6 is 0 Å². The number of aromatic hydroxyl groups is 2. The molecule has 0 aliphatic rings. The summed E-state index contributed by atoms with van der Waals surface area (Å²) in [6.07, 6.45) is 0. The summed E-state index contributed by atoms with van der Waals surface area (Å²) in [5.41, 5.74) is 3.31. The molecule has 0 atom stereocenters. The number of benzene rings is 4. The summed E-state index contributed by atoms with van der Waals surface area (Å²) in [4.78, 5) is 0. The SMILES string of the molecule is Cc1ccc(Oc2ccccc2-c2nn[nH]n2)c(O)c1.Cc1ccc(Oc2ccccc2-c2nn[nH]n2)c(O)c1. The number of H-pyrrole nitrogens is 2. The zero-order valence-electron chi connectivity index (χ0n) is 21.5. The molecule has 4 aromatic carbocycles. The van der Waals surface area contributed by atoms with Crippen molar-refractivity contribution in [2.45, 2.75) is 13.8 Å². The van der Waals surface area contributed by atoms with Crippen molar-refractivity contribution in [3.63, 3.8) is 0 Å². The topological polar surface area (TPSA) is 168 Å². The van der Waals surface area contributed by atoms with Gasteiger partial charge in [-0.25, -0.2) is 0 Å². The quantitative estimate of drug-likeness (QED) is 0.218. The minimum atomic E-state index is 0.0907. The van der Waals surface area contributed by atoms with E-state index in [1.165, 1.54) is 0 Å². The van der Waals surface area contributed by atoms with Crippen LogP contribution in [0.15, 0.2) is 84.9 Å². The van der Waals surface area contributed by atoms with Gasteiger partial charge in [-0.15, -0.1) is 20.4 Å². The number of aryl methyl sites for hydroxylation is 2. The van der Waals surface area contributed by atoms with Crippen LogP contribution in [-0.2, 0) is 0 Å². The number of hydrogen-bond donors (Lipinski definition) is 4. The second kappa shape index (κ2) is 11.7. The van der Waals surface area contributed by atoms with Crippen LogP contribution in [-0.4, -0.2) is 51.5 Å². The number of aromatic amines is 2. The van der Waals surface area contributed by atoms with Gasteiger partial charge in [0, 0.05) is 0 Å². The molecule has 12 nitrogen and oxygen atoms in total. The lowest BCUT2D eigenvalue weighted by molar-refractivity contribution is 0.411. The van der Waals surface area contributed by atoms with Crippen molar-refractivity contribution in [1.29, 1.82) is 0 Å². The van der Waals surface area contributed by atoms with E-state index in [4.69, 9.17) is 9.47 Å². The Labute approximate surface area is 228 Å². The Hall–Kier alpha value is -5.78. The molecule has 0 aliphatic heterocycles. The summed E-state index contributed by atoms with van der Waals surface area (Å²) in [5.74, 6) is 2.92. The first kappa shape index (κ1) is 25.9. The molecule has 0 saturated heterocycles. The largest absolute Gasteiger partial charge is 0.504 e. The fourth-order valence-corrected chi connectivity index (χ4v) is 3.70. The average molecular weight is 537 g/mol. The van der Waals surface area contributed by atoms with E-state index in [0.29, 0.717) is 45.8 Å². The predicted molar refractivity (Wildman–Crippen MR) is 145 cm³/mol. The fraction of sp³-hybridized carbons (Fsp3) is 0.0714. The second-order valence-corrected chi connectivity index (χ2v) is 8.61. The summed E-state index contributed by atoms with van der Waals surface area (Å²) in [5, 5.41) is 47.4. The Morgan fingerprint density at radius 1 is 0.550 bits per heavy atom. The van der Waals surface area contributed by atoms with Crippen LogP contribution in [0.2, 0.25) is 0 Å². The lowest BCUT2D eigenvalue weighted by Crippen LogP contribution is -1.90. The van der Waals surface area contributed by atoms with E-state index in [1.54, 1.807) is 36.4 Å². The zero-order chi connectivity index (χ0) is 27.9. The molecule has 0 fully saturated rings. The number of ether oxygens (including phenoxy) is 2. The lowest BCUT2D eigenvalue weighted by Gasteiger charge is -2.10. The minimum Gasteiger partial charge on any atom is -0.504 e. The number of tetrazole rings is 2. The van der Waals surface area contributed by atoms with Crippen molar-refractivity contribution in [1.82, 2.24) is 41.2 Å². The molecule has 0 unspecified atom stereocenters. The van der Waals surface area contributed by atoms with Crippen LogP contribution in [0.5, 0.6) is 34.5 Å². The number of nitrogens with one attached hydrogen (secondary N) is 2. The highest BCUT2D eigenvalue weighted by Crippen LogP contribution is 2.36. The van der Waals surface area contributed by atoms with Crippen LogP contribution in [0.1, 0.15) is 11.1 Å². The molecule has 0 saturated carbocycles. The van der Waals surface area contributed by atoms with E-state index in [1.807, 2.05) is 62.4 Å². The van der Waals surface area contributed by atoms with Crippen LogP contribution in [0.4, 0.5) is 0 Å². The van der Waals surface area contributed by atoms with Gasteiger partial charge in [0.05, 0.1) is 11.1 Å². The third-order valence-corrected chi connectivity index (χ3v) is 5.62. The predicted octanol–water partition coefficient (Wildman–Crippen LogP) is 5.35. The van der Waals surface area contributed by atoms with Gasteiger partial charge in [-0.3, -0.25) is 0 Å². The molecule has 0 amide bonds. The lowest BCUT2D eigenvalue weighted by atomic mass is 10.2. The summed E-state index contributed by atoms with van der Waals surface area (Å²) >= 11 is 0. The number of aromatic nitrogens is 8. The number of hydrogen-bond acceptors (Lipinski definition) is 10. The number of nitrogens with zero attached hydrogens (tertiary/aromatic N) is 6. The third kappa shape index (κ3) is 6.02. The van der Waals surface area contributed by atoms with Crippen molar-refractivity contribution < 1.29 is 19.7 Å². The summed E-state index contributed by atoms with van der Waals surface area (Å²) in [6.45, 7) is 3.80. The molecule has 2 heterocycles. The van der Waals surface area contributed by atoms with Gasteiger partial charge in [-0.1, -0.05) is 36.4 Å². The first-order valence-electron chi connectivity index (χ1n) is 12.1. The number of phenols is 2. The van der Waals surface area contributed by atoms with Gasteiger partial charge in [-0.2, -0.15) is 10.4 Å². The smallest absolute Gasteiger partial charge is 0.208 e. The molecule has 6 aromatic rings. The maximum atomic E-state index is 9.90. The van der Waals surface area contributed by atoms with Crippen LogP contribution in [0.25, 0.3) is 22.8 Å². The van der Waals surface area contributed by atoms with Gasteiger partial charge in [0.15, 0.2) is 23.0 Å². The van der Waals surface area contributed by atoms with E-state index < -0.39 is 0 Å². The molecule has 12 heteroatoms. The van der Waals surface area contributed by atoms with Gasteiger partial charge in [0.2, 0.25) is 11.6 Å². The summed E-state index contributed by atoms with van der Waals surface area (Å²) in [7, 11) is 0. The third-order valence-electron chi connectivity index (χ3n) is 5.62. The Balaban J connectivity index is 0.000000161. The molecular formula is C28H24N8O4. The Morgan fingerprint density at radius 2 is 0.975 bits per heavy atom. The maximum Gasteiger partial charge on any atom is 0.208 e. The van der Waals surface area contributed by atoms with Crippen LogP contribution < -0.4 is 9.47 Å². The van der Waals surface area contributed by atoms with Gasteiger partial charge in [0.25, 0.3) is 0 Å². The molecule has 0 aliphatic carbocycles. The molecule has 0 radical (unpaired) electrons. The second-order valence-electron chi connectivity index (χ2n) is 8.61. The molecule has 4 N–H and O–H groups in total. The van der Waals surface area contributed by atoms with E-state index in [9.17, 15) is 10.2 Å². The normalized spacial score (nSPS) is 10.4. The summed E-state index contributed by atoms with van der Waals surface area (Å²) in [6, 6.07) is 25.1. The Bertz CT molecular complexity index is 1580. The van der Waals surface area contributed by atoms with Crippen LogP contribution in [0, 0.1) is 13.8 Å². The molecule has 2 aromatic heterocycles. The molecule has 0 spiro atoms. The number of para-hydroxylation sites is 2. The molecular weight excluding hydrogens is 512 g/mol. The van der Waals surface area contributed by atoms with Gasteiger partial charge < -0.3 is 19.7 Å². The standard InChI is InChI=1S/2C14H12N4O2/c2*1-9-6-7-13(11(19)8-9)20-12-5-3-2-4-10(12)14-15-17-18-16-14/h2*2-8,19H,1H3,(H,15,16,17,18). The van der Waals surface area contributed by atoms with E-state index in [2.05, 4.69) is 41.2 Å². The Morgan fingerprint density at radius 3 is 1.35 bits per heavy atom. The van der Waals surface area contributed by atoms with Gasteiger partial charge >= 0.3 is 0 Å². The fourth-order valence-electron chi connectivity index (χ4n) is 3.70. The van der Waals surface area contributed by atoms with E-state index in [-0.39, 0.29) is 11.5 Å². The number of rotatable bonds is 6. The minimum absolute atomic E-state index is 0.0907. The zero-order valence-corrected chi connectivity index (χ0v) is 21.5. The van der Waals surface area contributed by atoms with E-state index in [0.717, 1.165) is 11.1 Å². The molecule has 6 rings (SSSR count). The monoisotopic (exact) mass is 536 g/mol. The van der Waals surface area contributed by atoms with Crippen molar-refractivity contribution in [3.05, 3.63) is 96.1 Å². The van der Waals surface area contributed by atoms with Crippen molar-refractivity contribution in [2.75, 3.05) is 0 Å². The van der Waals surface area contributed by atoms with Crippen molar-refractivity contribution in [3.8, 4) is 57.3 Å². The molecule has 40 heavy (non-hydrogen) atoms. The highest BCUT2D eigenvalue weighted by atomic mass is 16.5. The average Bonchev–Trinajstić information content (AvgIpc) is 3.68. The Kier molecular flexibility index (Phi) is 7.58. The number of phenolic OH excluding ortho intramolecular Hbond substituents is 2. The van der Waals surface area contributed by atoms with Crippen LogP contribution in [0.3, 0.4) is 0 Å². The van der Waals surface area contributed by atoms with Gasteiger partial charge in [0.1, 0.15) is 11.5 Å². The van der Waals surface area contributed by atoms with E-state index >= 15 is 0 Å². The molecule has 0 bridgehead atoms. The van der Waals surface area contributed by atoms with Crippen molar-refractivity contribution >= 4 is 0 Å². The summed E-state index contributed by atoms with van der Waals surface area (Å²) < 4.78 is 11.5. The highest BCUT2D eigenvalue weighted by molar-refractivity contribution is 5.65. The molecule has 200 valence electrons. The maximum absolute atomic E-state index is 9.90. The van der Waals surface area contributed by atoms with Gasteiger partial charge in [-0.05, 0) is 83.9 Å². The highest BCUT2D eigenvalue weighted by Gasteiger charge is 2.13. The van der Waals surface area contributed by atoms with Crippen molar-refractivity contribution in [2.24, 2.45) is 0 Å².